The van der Waals surface area contributed by atoms with Gasteiger partial charge in [0.1, 0.15) is 23.2 Å². The molecule has 3 heterocycles. The minimum Gasteiger partial charge on any atom is -0.469 e. The smallest absolute Gasteiger partial charge is 0.157 e. The summed E-state index contributed by atoms with van der Waals surface area (Å²) in [7, 11) is 0. The van der Waals surface area contributed by atoms with Gasteiger partial charge in [0, 0.05) is 23.7 Å². The summed E-state index contributed by atoms with van der Waals surface area (Å²) in [6, 6.07) is 12.4. The third-order valence-corrected chi connectivity index (χ3v) is 5.73. The Kier molecular flexibility index (Phi) is 5.17. The minimum absolute atomic E-state index is 0.0973. The maximum absolute atomic E-state index is 14.9. The Bertz CT molecular complexity index is 1480. The van der Waals surface area contributed by atoms with Gasteiger partial charge in [-0.05, 0) is 42.8 Å². The molecule has 0 fully saturated rings. The first-order chi connectivity index (χ1) is 15.9. The third kappa shape index (κ3) is 3.75. The molecule has 5 rings (SSSR count). The fraction of sp³-hybridized carbons (Fsp3) is 0.115. The van der Waals surface area contributed by atoms with Crippen LogP contribution in [0.15, 0.2) is 59.2 Å². The largest absolute Gasteiger partial charge is 0.469 e. The topological polar surface area (TPSA) is 43.0 Å². The summed E-state index contributed by atoms with van der Waals surface area (Å²) >= 11 is 0. The molecule has 33 heavy (non-hydrogen) atoms. The van der Waals surface area contributed by atoms with Crippen LogP contribution in [0.4, 0.5) is 13.2 Å². The van der Waals surface area contributed by atoms with Gasteiger partial charge < -0.3 is 9.73 Å². The number of nitrogens with one attached hydrogen (secondary N) is 1. The number of hydrogen-bond acceptors (Lipinski definition) is 3. The van der Waals surface area contributed by atoms with Crippen LogP contribution in [0.3, 0.4) is 0 Å². The van der Waals surface area contributed by atoms with Crippen molar-refractivity contribution < 1.29 is 17.6 Å². The molecule has 4 nitrogen and oxygen atoms in total. The van der Waals surface area contributed by atoms with Crippen LogP contribution < -0.4 is 16.1 Å². The highest BCUT2D eigenvalue weighted by Crippen LogP contribution is 2.24. The lowest BCUT2D eigenvalue weighted by atomic mass is 10.0. The predicted molar refractivity (Wildman–Crippen MR) is 120 cm³/mol. The molecule has 7 heteroatoms. The minimum atomic E-state index is -0.661. The first-order valence-electron chi connectivity index (χ1n) is 10.4. The highest BCUT2D eigenvalue weighted by atomic mass is 19.1. The van der Waals surface area contributed by atoms with Crippen LogP contribution in [0.5, 0.6) is 0 Å². The van der Waals surface area contributed by atoms with Crippen LogP contribution in [0.2, 0.25) is 0 Å². The number of imidazole rings is 1. The van der Waals surface area contributed by atoms with Crippen molar-refractivity contribution >= 4 is 24.2 Å². The van der Waals surface area contributed by atoms with Crippen molar-refractivity contribution in [1.82, 2.24) is 14.9 Å². The van der Waals surface area contributed by atoms with E-state index in [1.807, 2.05) is 6.07 Å². The average molecular weight is 447 g/mol. The van der Waals surface area contributed by atoms with E-state index in [4.69, 9.17) is 4.42 Å². The Morgan fingerprint density at radius 1 is 1.00 bits per heavy atom. The van der Waals surface area contributed by atoms with Crippen LogP contribution >= 0.6 is 0 Å². The van der Waals surface area contributed by atoms with Crippen LogP contribution in [0.1, 0.15) is 28.1 Å². The fourth-order valence-electron chi connectivity index (χ4n) is 3.96. The summed E-state index contributed by atoms with van der Waals surface area (Å²) in [6.45, 7) is 5.83. The van der Waals surface area contributed by atoms with Gasteiger partial charge in [0.15, 0.2) is 5.48 Å². The van der Waals surface area contributed by atoms with Crippen LogP contribution in [0, 0.1) is 24.4 Å². The summed E-state index contributed by atoms with van der Waals surface area (Å²) in [4.78, 5) is 4.69. The number of halogens is 3. The summed E-state index contributed by atoms with van der Waals surface area (Å²) < 4.78 is 51.0. The standard InChI is InChI=1S/C26H20F3N3O/c1-15-6-3-8-18(25(15)29)24-14-32-16(2)22(12-17-7-5-11-33-17)31-26(32)23(30-24)13-19-20(27)9-4-10-21(19)28/h3-11,14,30H,2,12-13H2,1H3. The number of hydrogen-bond donors (Lipinski definition) is 1. The maximum Gasteiger partial charge on any atom is 0.157 e. The zero-order chi connectivity index (χ0) is 23.1. The molecule has 0 saturated heterocycles. The van der Waals surface area contributed by atoms with Crippen molar-refractivity contribution in [3.63, 3.8) is 0 Å². The van der Waals surface area contributed by atoms with Crippen molar-refractivity contribution in [2.24, 2.45) is 0 Å². The second-order valence-corrected chi connectivity index (χ2v) is 7.91. The molecule has 0 spiro atoms. The number of rotatable bonds is 5. The van der Waals surface area contributed by atoms with Crippen molar-refractivity contribution in [2.45, 2.75) is 19.8 Å². The van der Waals surface area contributed by atoms with Gasteiger partial charge in [-0.25, -0.2) is 18.2 Å². The molecule has 2 aromatic heterocycles. The van der Waals surface area contributed by atoms with Gasteiger partial charge in [0.25, 0.3) is 0 Å². The van der Waals surface area contributed by atoms with E-state index >= 15 is 0 Å². The number of aryl methyl sites for hydroxylation is 1. The Morgan fingerprint density at radius 3 is 2.48 bits per heavy atom. The van der Waals surface area contributed by atoms with Gasteiger partial charge in [0.2, 0.25) is 0 Å². The SMILES string of the molecule is C=c1c(Cc2ccco2)nc2n1C=C(c1cccc(C)c1F)NC=2Cc1c(F)cccc1F. The fourth-order valence-corrected chi connectivity index (χ4v) is 3.96. The third-order valence-electron chi connectivity index (χ3n) is 5.73. The monoisotopic (exact) mass is 447 g/mol. The van der Waals surface area contributed by atoms with Gasteiger partial charge in [-0.15, -0.1) is 0 Å². The number of furan rings is 1. The second kappa shape index (κ2) is 8.16. The second-order valence-electron chi connectivity index (χ2n) is 7.91. The lowest BCUT2D eigenvalue weighted by Crippen LogP contribution is -2.35. The molecule has 0 bridgehead atoms. The summed E-state index contributed by atoms with van der Waals surface area (Å²) in [6.07, 6.45) is 3.58. The molecular formula is C26H20F3N3O. The first kappa shape index (κ1) is 20.9. The van der Waals surface area contributed by atoms with E-state index in [-0.39, 0.29) is 17.8 Å². The quantitative estimate of drug-likeness (QED) is 0.501. The van der Waals surface area contributed by atoms with Crippen molar-refractivity contribution in [3.8, 4) is 0 Å². The molecule has 1 aliphatic rings. The Hall–Kier alpha value is -4.00. The molecule has 166 valence electrons. The average Bonchev–Trinajstić information content (AvgIpc) is 3.41. The summed E-state index contributed by atoms with van der Waals surface area (Å²) in [5.74, 6) is -0.992. The van der Waals surface area contributed by atoms with Crippen molar-refractivity contribution in [3.05, 3.63) is 111 Å². The predicted octanol–water partition coefficient (Wildman–Crippen LogP) is 4.11. The van der Waals surface area contributed by atoms with E-state index in [0.717, 1.165) is 0 Å². The lowest BCUT2D eigenvalue weighted by Gasteiger charge is -2.20. The Morgan fingerprint density at radius 2 is 1.76 bits per heavy atom. The Balaban J connectivity index is 1.68. The molecule has 0 unspecified atom stereocenters. The van der Waals surface area contributed by atoms with Gasteiger partial charge in [-0.3, -0.25) is 4.57 Å². The van der Waals surface area contributed by atoms with Crippen molar-refractivity contribution in [1.29, 1.82) is 0 Å². The van der Waals surface area contributed by atoms with Gasteiger partial charge in [-0.1, -0.05) is 24.8 Å². The van der Waals surface area contributed by atoms with E-state index in [2.05, 4.69) is 16.9 Å². The molecule has 0 amide bonds. The first-order valence-corrected chi connectivity index (χ1v) is 10.4. The summed E-state index contributed by atoms with van der Waals surface area (Å²) in [5, 5.41) is 3.75. The molecule has 2 aromatic carbocycles. The van der Waals surface area contributed by atoms with Crippen LogP contribution in [-0.4, -0.2) is 9.55 Å². The van der Waals surface area contributed by atoms with E-state index < -0.39 is 11.6 Å². The Labute approximate surface area is 188 Å². The highest BCUT2D eigenvalue weighted by Gasteiger charge is 2.22. The zero-order valence-corrected chi connectivity index (χ0v) is 17.8. The van der Waals surface area contributed by atoms with Crippen LogP contribution in [0.25, 0.3) is 24.2 Å². The molecular weight excluding hydrogens is 427 g/mol. The van der Waals surface area contributed by atoms with E-state index in [9.17, 15) is 13.2 Å². The van der Waals surface area contributed by atoms with E-state index in [1.54, 1.807) is 48.2 Å². The molecule has 0 radical (unpaired) electrons. The normalized spacial score (nSPS) is 13.0. The number of benzene rings is 2. The van der Waals surface area contributed by atoms with Gasteiger partial charge >= 0.3 is 0 Å². The van der Waals surface area contributed by atoms with Crippen LogP contribution in [-0.2, 0) is 12.8 Å². The highest BCUT2D eigenvalue weighted by molar-refractivity contribution is 5.81. The van der Waals surface area contributed by atoms with Gasteiger partial charge in [-0.2, -0.15) is 0 Å². The van der Waals surface area contributed by atoms with E-state index in [1.165, 1.54) is 18.2 Å². The molecule has 4 aromatic rings. The molecule has 0 saturated carbocycles. The molecule has 0 aliphatic carbocycles. The van der Waals surface area contributed by atoms with E-state index in [0.29, 0.717) is 51.2 Å². The van der Waals surface area contributed by atoms with Gasteiger partial charge in [0.05, 0.1) is 35.1 Å². The lowest BCUT2D eigenvalue weighted by molar-refractivity contribution is 0.519. The molecule has 0 atom stereocenters. The zero-order valence-electron chi connectivity index (χ0n) is 17.8. The van der Waals surface area contributed by atoms with Crippen molar-refractivity contribution in [2.75, 3.05) is 0 Å². The maximum atomic E-state index is 14.9. The number of aromatic nitrogens is 2. The molecule has 1 N–H and O–H groups in total. The number of nitrogens with zero attached hydrogens (tertiary/aromatic N) is 2. The molecule has 1 aliphatic heterocycles. The summed E-state index contributed by atoms with van der Waals surface area (Å²) in [5.41, 5.74) is 2.72. The number of fused-ring (bicyclic) bond motifs is 1.